The van der Waals surface area contributed by atoms with E-state index in [-0.39, 0.29) is 42.3 Å². The van der Waals surface area contributed by atoms with E-state index >= 15 is 0 Å². The van der Waals surface area contributed by atoms with Gasteiger partial charge in [0.05, 0.1) is 31.1 Å². The predicted molar refractivity (Wildman–Crippen MR) is 272 cm³/mol. The first-order chi connectivity index (χ1) is 33.3. The number of hydrogen-bond acceptors (Lipinski definition) is 10. The highest BCUT2D eigenvalue weighted by molar-refractivity contribution is 6.06. The zero-order valence-electron chi connectivity index (χ0n) is 40.9. The molecule has 1 saturated carbocycles. The average molecular weight is 939 g/mol. The molecule has 2 aliphatic carbocycles. The second-order valence-electron chi connectivity index (χ2n) is 20.0. The van der Waals surface area contributed by atoms with Crippen LogP contribution in [0.4, 0.5) is 0 Å². The summed E-state index contributed by atoms with van der Waals surface area (Å²) in [6.07, 6.45) is 8.65. The van der Waals surface area contributed by atoms with Crippen molar-refractivity contribution >= 4 is 11.6 Å². The Hall–Kier alpha value is -5.64. The van der Waals surface area contributed by atoms with Crippen LogP contribution < -0.4 is 21.1 Å². The van der Waals surface area contributed by atoms with Crippen molar-refractivity contribution in [3.63, 3.8) is 0 Å². The van der Waals surface area contributed by atoms with E-state index in [9.17, 15) is 30.0 Å². The number of Topliss-reactive ketones (excluding diaryl/α,β-unsaturated/α-hetero) is 2. The van der Waals surface area contributed by atoms with E-state index in [0.717, 1.165) is 58.3 Å². The zero-order valence-corrected chi connectivity index (χ0v) is 40.9. The van der Waals surface area contributed by atoms with Crippen molar-refractivity contribution in [2.45, 2.75) is 122 Å². The number of methoxy groups -OCH3 is 1. The molecule has 0 bridgehead atoms. The maximum atomic E-state index is 15.0. The van der Waals surface area contributed by atoms with E-state index in [1.165, 1.54) is 7.11 Å². The smallest absolute Gasteiger partial charge is 0.173 e. The number of H-pyrrole nitrogens is 1. The Morgan fingerprint density at radius 1 is 0.942 bits per heavy atom. The fraction of sp³-hybridized carbons (Fsp3) is 0.483. The number of nitrogens with two attached hydrogens (primary N) is 1. The predicted octanol–water partition coefficient (Wildman–Crippen LogP) is 7.56. The lowest BCUT2D eigenvalue weighted by Gasteiger charge is -2.33. The molecule has 0 radical (unpaired) electrons. The third-order valence-corrected chi connectivity index (χ3v) is 14.8. The molecule has 1 aliphatic heterocycles. The average Bonchev–Trinajstić information content (AvgIpc) is 3.74. The lowest BCUT2D eigenvalue weighted by Crippen LogP contribution is -2.40. The highest BCUT2D eigenvalue weighted by Gasteiger charge is 2.43. The molecule has 11 heteroatoms. The molecule has 11 nitrogen and oxygen atoms in total. The number of aromatic hydroxyl groups is 1. The molecule has 2 heterocycles. The molecule has 1 fully saturated rings. The van der Waals surface area contributed by atoms with E-state index in [1.807, 2.05) is 60.8 Å². The number of dihydropyridines is 1. The first kappa shape index (κ1) is 51.2. The van der Waals surface area contributed by atoms with Crippen molar-refractivity contribution in [2.75, 3.05) is 26.7 Å². The molecule has 3 aromatic carbocycles. The number of nitrogens with one attached hydrogen (secondary N) is 3. The van der Waals surface area contributed by atoms with Crippen LogP contribution in [-0.2, 0) is 35.3 Å². The van der Waals surface area contributed by atoms with Crippen LogP contribution in [0.15, 0.2) is 103 Å². The molecule has 7 rings (SSSR count). The number of fused-ring (bicyclic) bond motifs is 2. The molecule has 0 saturated heterocycles. The molecular weight excluding hydrogens is 865 g/mol. The van der Waals surface area contributed by atoms with Gasteiger partial charge in [-0.2, -0.15) is 0 Å². The monoisotopic (exact) mass is 939 g/mol. The van der Waals surface area contributed by atoms with Crippen LogP contribution in [0.2, 0.25) is 0 Å². The van der Waals surface area contributed by atoms with Gasteiger partial charge < -0.3 is 46.5 Å². The number of benzene rings is 3. The van der Waals surface area contributed by atoms with Crippen molar-refractivity contribution in [2.24, 2.45) is 35.3 Å². The van der Waals surface area contributed by atoms with Gasteiger partial charge in [0, 0.05) is 61.8 Å². The van der Waals surface area contributed by atoms with Gasteiger partial charge in [-0.05, 0) is 134 Å². The number of aliphatic hydroxyl groups is 3. The van der Waals surface area contributed by atoms with Gasteiger partial charge in [-0.15, -0.1) is 0 Å². The number of rotatable bonds is 18. The highest BCUT2D eigenvalue weighted by atomic mass is 16.5. The SMILES string of the molecule is CCC[C@@H]([C@@H]1C[C@@H](CC2=CCNC(N)=C2)C[C@H]2C#C[C@H](c3ccccc3)c3c(cc(OC)c(O)c3CCc3ccccc3)CCC(=O)[C@H](O)C(=O)[C@H]2C1)[C@H](O)Cc1cc([C@H](C)CNC[C@H](C)O)c[nH]1. The van der Waals surface area contributed by atoms with Gasteiger partial charge in [-0.3, -0.25) is 9.59 Å². The number of aromatic nitrogens is 1. The quantitative estimate of drug-likeness (QED) is 0.0365. The number of carbonyl (C=O) groups is 2. The number of aliphatic hydroxyl groups excluding tert-OH is 3. The van der Waals surface area contributed by atoms with Gasteiger partial charge in [0.2, 0.25) is 0 Å². The fourth-order valence-electron chi connectivity index (χ4n) is 11.2. The summed E-state index contributed by atoms with van der Waals surface area (Å²) < 4.78 is 5.75. The Bertz CT molecular complexity index is 2470. The Balaban J connectivity index is 1.31. The lowest BCUT2D eigenvalue weighted by atomic mass is 9.73. The van der Waals surface area contributed by atoms with Crippen LogP contribution in [0.1, 0.15) is 117 Å². The van der Waals surface area contributed by atoms with Crippen molar-refractivity contribution in [3.05, 3.63) is 142 Å². The van der Waals surface area contributed by atoms with Crippen LogP contribution in [0.5, 0.6) is 11.5 Å². The molecule has 1 aromatic heterocycles. The summed E-state index contributed by atoms with van der Waals surface area (Å²) in [4.78, 5) is 32.6. The van der Waals surface area contributed by atoms with E-state index in [0.29, 0.717) is 75.3 Å². The van der Waals surface area contributed by atoms with E-state index in [1.54, 1.807) is 13.0 Å². The van der Waals surface area contributed by atoms with Gasteiger partial charge in [-0.25, -0.2) is 0 Å². The van der Waals surface area contributed by atoms with Gasteiger partial charge in [0.15, 0.2) is 29.2 Å². The molecule has 4 aromatic rings. The number of phenolic OH excluding ortho intramolecular Hbond substituents is 1. The number of hydrogen-bond donors (Lipinski definition) is 8. The number of allylic oxidation sites excluding steroid dienone is 2. The third kappa shape index (κ3) is 13.2. The van der Waals surface area contributed by atoms with Gasteiger partial charge >= 0.3 is 0 Å². The highest BCUT2D eigenvalue weighted by Crippen LogP contribution is 2.46. The Labute approximate surface area is 409 Å². The molecule has 0 amide bonds. The largest absolute Gasteiger partial charge is 0.504 e. The van der Waals surface area contributed by atoms with Crippen molar-refractivity contribution in [1.29, 1.82) is 0 Å². The van der Waals surface area contributed by atoms with Crippen LogP contribution in [-0.4, -0.2) is 82.0 Å². The van der Waals surface area contributed by atoms with Crippen molar-refractivity contribution in [3.8, 4) is 23.3 Å². The second kappa shape index (κ2) is 24.3. The summed E-state index contributed by atoms with van der Waals surface area (Å²) in [6, 6.07) is 24.0. The van der Waals surface area contributed by atoms with Crippen LogP contribution >= 0.6 is 0 Å². The minimum absolute atomic E-state index is 0.0386. The fourth-order valence-corrected chi connectivity index (χ4v) is 11.2. The maximum Gasteiger partial charge on any atom is 0.173 e. The molecule has 10 atom stereocenters. The maximum absolute atomic E-state index is 15.0. The minimum Gasteiger partial charge on any atom is -0.504 e. The summed E-state index contributed by atoms with van der Waals surface area (Å²) in [5, 5.41) is 52.4. The van der Waals surface area contributed by atoms with E-state index in [2.05, 4.69) is 65.6 Å². The molecule has 9 N–H and O–H groups in total. The molecule has 0 unspecified atom stereocenters. The topological polar surface area (TPSA) is 190 Å². The number of phenols is 1. The first-order valence-corrected chi connectivity index (χ1v) is 25.2. The summed E-state index contributed by atoms with van der Waals surface area (Å²) in [6.45, 7) is 7.85. The Morgan fingerprint density at radius 3 is 2.41 bits per heavy atom. The van der Waals surface area contributed by atoms with Crippen LogP contribution in [0, 0.1) is 41.4 Å². The number of aryl methyl sites for hydroxylation is 2. The van der Waals surface area contributed by atoms with Crippen molar-refractivity contribution < 1.29 is 34.8 Å². The molecular formula is C58H74N4O7. The number of ketones is 2. The number of ether oxygens (including phenoxy) is 1. The number of carbonyl (C=O) groups excluding carboxylic acids is 2. The minimum atomic E-state index is -1.83. The summed E-state index contributed by atoms with van der Waals surface area (Å²) in [7, 11) is 1.52. The second-order valence-corrected chi connectivity index (χ2v) is 20.0. The van der Waals surface area contributed by atoms with Crippen molar-refractivity contribution in [1.82, 2.24) is 15.6 Å². The van der Waals surface area contributed by atoms with Gasteiger partial charge in [0.25, 0.3) is 0 Å². The zero-order chi connectivity index (χ0) is 49.0. The standard InChI is InChI=1S/C58H74N4O7/c1-5-12-47(52(65)32-46-29-45(35-62-46)36(2)33-60-34-37(3)63)44-27-40(25-39-23-24-61-54(59)28-39)26-42-18-21-48(41-15-10-7-11-16-41)55-43(19-22-51(64)58(68)57(67)50(42)30-44)31-53(69-4)56(66)49(55)20-17-38-13-8-6-9-14-38/h6-11,13-16,23,28-29,31,35-37,40,42,44,47-48,50,52,58,60-63,65-66,68H,5,12,17,19-20,22,24-27,30,32-34,59H2,1-4H3/t36-,37+,40+,42-,44-,47+,48-,50+,52-,58+/m1/s1. The third-order valence-electron chi connectivity index (χ3n) is 14.8. The normalized spacial score (nSPS) is 23.7. The van der Waals surface area contributed by atoms with E-state index in [4.69, 9.17) is 10.5 Å². The summed E-state index contributed by atoms with van der Waals surface area (Å²) >= 11 is 0. The summed E-state index contributed by atoms with van der Waals surface area (Å²) in [5.74, 6) is 5.40. The summed E-state index contributed by atoms with van der Waals surface area (Å²) in [5.41, 5.74) is 13.8. The molecule has 368 valence electrons. The molecule has 69 heavy (non-hydrogen) atoms. The molecule has 3 aliphatic rings. The Morgan fingerprint density at radius 2 is 1.70 bits per heavy atom. The van der Waals surface area contributed by atoms with Gasteiger partial charge in [0.1, 0.15) is 0 Å². The number of aromatic amines is 1. The van der Waals surface area contributed by atoms with E-state index < -0.39 is 47.6 Å². The Kier molecular flexibility index (Phi) is 18.0. The first-order valence-electron chi connectivity index (χ1n) is 25.2. The van der Waals surface area contributed by atoms with Crippen LogP contribution in [0.25, 0.3) is 0 Å². The lowest BCUT2D eigenvalue weighted by molar-refractivity contribution is -0.142. The molecule has 0 spiro atoms. The van der Waals surface area contributed by atoms with Gasteiger partial charge in [-0.1, -0.05) is 98.8 Å². The van der Waals surface area contributed by atoms with Crippen LogP contribution in [0.3, 0.4) is 0 Å².